The standard InChI is InChI=1S/C24H28N6O3/c1-28(2)23(32)24(16-19-7-6-10-21(15-19)20-8-4-3-5-9-20)17-29(13-14-33-24)22(31)11-12-30-18-25-26-27-30/h3-10,15,18H,11-14,16-17H2,1-2H3. The van der Waals surface area contributed by atoms with Crippen LogP contribution in [0.5, 0.6) is 0 Å². The fraction of sp³-hybridized carbons (Fsp3) is 0.375. The lowest BCUT2D eigenvalue weighted by atomic mass is 9.89. The average molecular weight is 449 g/mol. The molecule has 9 nitrogen and oxygen atoms in total. The Hall–Kier alpha value is -3.59. The van der Waals surface area contributed by atoms with Gasteiger partial charge < -0.3 is 14.5 Å². The first-order valence-electron chi connectivity index (χ1n) is 11.0. The van der Waals surface area contributed by atoms with Gasteiger partial charge in [0.1, 0.15) is 6.33 Å². The Kier molecular flexibility index (Phi) is 6.79. The van der Waals surface area contributed by atoms with Crippen molar-refractivity contribution in [2.45, 2.75) is 25.0 Å². The molecular weight excluding hydrogens is 420 g/mol. The molecule has 33 heavy (non-hydrogen) atoms. The minimum absolute atomic E-state index is 0.0530. The van der Waals surface area contributed by atoms with Crippen LogP contribution in [0.4, 0.5) is 0 Å². The summed E-state index contributed by atoms with van der Waals surface area (Å²) in [5.74, 6) is -0.201. The van der Waals surface area contributed by atoms with E-state index in [4.69, 9.17) is 4.74 Å². The van der Waals surface area contributed by atoms with E-state index in [0.29, 0.717) is 26.1 Å². The molecule has 2 heterocycles. The summed E-state index contributed by atoms with van der Waals surface area (Å²) in [6.45, 7) is 1.33. The normalized spacial score (nSPS) is 18.2. The lowest BCUT2D eigenvalue weighted by Gasteiger charge is -2.43. The van der Waals surface area contributed by atoms with Crippen molar-refractivity contribution >= 4 is 11.8 Å². The van der Waals surface area contributed by atoms with Gasteiger partial charge in [-0.1, -0.05) is 54.6 Å². The van der Waals surface area contributed by atoms with E-state index in [0.717, 1.165) is 16.7 Å². The van der Waals surface area contributed by atoms with Gasteiger partial charge in [-0.05, 0) is 27.1 Å². The highest BCUT2D eigenvalue weighted by Crippen LogP contribution is 2.28. The second-order valence-corrected chi connectivity index (χ2v) is 8.42. The molecule has 9 heteroatoms. The molecule has 0 N–H and O–H groups in total. The summed E-state index contributed by atoms with van der Waals surface area (Å²) in [6, 6.07) is 18.2. The third-order valence-corrected chi connectivity index (χ3v) is 5.80. The van der Waals surface area contributed by atoms with Crippen LogP contribution in [0.1, 0.15) is 12.0 Å². The Labute approximate surface area is 192 Å². The number of aryl methyl sites for hydroxylation is 1. The average Bonchev–Trinajstić information content (AvgIpc) is 3.36. The molecule has 1 unspecified atom stereocenters. The minimum Gasteiger partial charge on any atom is -0.361 e. The molecule has 172 valence electrons. The fourth-order valence-corrected chi connectivity index (χ4v) is 4.19. The predicted octanol–water partition coefficient (Wildman–Crippen LogP) is 1.66. The smallest absolute Gasteiger partial charge is 0.256 e. The molecule has 1 atom stereocenters. The van der Waals surface area contributed by atoms with Crippen molar-refractivity contribution in [2.75, 3.05) is 33.8 Å². The van der Waals surface area contributed by atoms with Crippen molar-refractivity contribution < 1.29 is 14.3 Å². The summed E-state index contributed by atoms with van der Waals surface area (Å²) in [5.41, 5.74) is 2.03. The molecule has 2 amide bonds. The predicted molar refractivity (Wildman–Crippen MR) is 122 cm³/mol. The molecule has 1 saturated heterocycles. The van der Waals surface area contributed by atoms with Crippen molar-refractivity contribution in [1.29, 1.82) is 0 Å². The summed E-state index contributed by atoms with van der Waals surface area (Å²) < 4.78 is 7.67. The number of benzene rings is 2. The van der Waals surface area contributed by atoms with E-state index in [2.05, 4.69) is 39.8 Å². The van der Waals surface area contributed by atoms with Gasteiger partial charge in [-0.15, -0.1) is 5.10 Å². The molecule has 3 aromatic rings. The number of nitrogens with zero attached hydrogens (tertiary/aromatic N) is 6. The van der Waals surface area contributed by atoms with Crippen LogP contribution in [0.15, 0.2) is 60.9 Å². The maximum absolute atomic E-state index is 13.3. The van der Waals surface area contributed by atoms with Crippen molar-refractivity contribution in [3.8, 4) is 11.1 Å². The Morgan fingerprint density at radius 3 is 2.61 bits per heavy atom. The Morgan fingerprint density at radius 2 is 1.88 bits per heavy atom. The second-order valence-electron chi connectivity index (χ2n) is 8.42. The summed E-state index contributed by atoms with van der Waals surface area (Å²) in [5, 5.41) is 11.0. The number of carbonyl (C=O) groups is 2. The van der Waals surface area contributed by atoms with Gasteiger partial charge in [0, 0.05) is 33.5 Å². The largest absolute Gasteiger partial charge is 0.361 e. The Bertz CT molecular complexity index is 1090. The Balaban J connectivity index is 1.55. The molecule has 1 aliphatic rings. The van der Waals surface area contributed by atoms with Crippen molar-refractivity contribution in [1.82, 2.24) is 30.0 Å². The summed E-state index contributed by atoms with van der Waals surface area (Å²) in [6.07, 6.45) is 2.11. The molecule has 4 rings (SSSR count). The van der Waals surface area contributed by atoms with E-state index < -0.39 is 5.60 Å². The van der Waals surface area contributed by atoms with E-state index >= 15 is 0 Å². The van der Waals surface area contributed by atoms with Gasteiger partial charge in [-0.25, -0.2) is 4.68 Å². The topological polar surface area (TPSA) is 93.5 Å². The zero-order valence-corrected chi connectivity index (χ0v) is 18.9. The van der Waals surface area contributed by atoms with Crippen molar-refractivity contribution in [2.24, 2.45) is 0 Å². The maximum atomic E-state index is 13.3. The van der Waals surface area contributed by atoms with Crippen LogP contribution >= 0.6 is 0 Å². The van der Waals surface area contributed by atoms with Crippen LogP contribution in [0.2, 0.25) is 0 Å². The van der Waals surface area contributed by atoms with Crippen molar-refractivity contribution in [3.05, 3.63) is 66.5 Å². The highest BCUT2D eigenvalue weighted by Gasteiger charge is 2.45. The van der Waals surface area contributed by atoms with Crippen molar-refractivity contribution in [3.63, 3.8) is 0 Å². The highest BCUT2D eigenvalue weighted by molar-refractivity contribution is 5.87. The SMILES string of the molecule is CN(C)C(=O)C1(Cc2cccc(-c3ccccc3)c2)CN(C(=O)CCn2cnnn2)CCO1. The van der Waals surface area contributed by atoms with Gasteiger partial charge in [0.05, 0.1) is 19.7 Å². The monoisotopic (exact) mass is 448 g/mol. The molecule has 0 radical (unpaired) electrons. The first-order chi connectivity index (χ1) is 16.0. The number of hydrogen-bond acceptors (Lipinski definition) is 6. The lowest BCUT2D eigenvalue weighted by Crippen LogP contribution is -2.61. The number of morpholine rings is 1. The summed E-state index contributed by atoms with van der Waals surface area (Å²) in [4.78, 5) is 29.5. The van der Waals surface area contributed by atoms with Gasteiger partial charge >= 0.3 is 0 Å². The third kappa shape index (κ3) is 5.25. The molecule has 0 saturated carbocycles. The molecule has 0 bridgehead atoms. The first-order valence-corrected chi connectivity index (χ1v) is 11.0. The van der Waals surface area contributed by atoms with E-state index in [1.165, 1.54) is 15.9 Å². The molecule has 0 spiro atoms. The van der Waals surface area contributed by atoms with Crippen LogP contribution < -0.4 is 0 Å². The maximum Gasteiger partial charge on any atom is 0.256 e. The number of ether oxygens (including phenoxy) is 1. The summed E-state index contributed by atoms with van der Waals surface area (Å²) >= 11 is 0. The number of likely N-dealkylation sites (N-methyl/N-ethyl adjacent to an activating group) is 1. The highest BCUT2D eigenvalue weighted by atomic mass is 16.5. The minimum atomic E-state index is -1.14. The molecule has 1 aliphatic heterocycles. The molecular formula is C24H28N6O3. The van der Waals surface area contributed by atoms with E-state index in [1.807, 2.05) is 30.3 Å². The van der Waals surface area contributed by atoms with Gasteiger partial charge in [-0.2, -0.15) is 0 Å². The van der Waals surface area contributed by atoms with Crippen LogP contribution in [-0.2, 0) is 27.3 Å². The second kappa shape index (κ2) is 9.91. The van der Waals surface area contributed by atoms with E-state index in [1.54, 1.807) is 19.0 Å². The number of hydrogen-bond donors (Lipinski definition) is 0. The zero-order chi connectivity index (χ0) is 23.3. The number of carbonyl (C=O) groups excluding carboxylic acids is 2. The molecule has 2 aromatic carbocycles. The third-order valence-electron chi connectivity index (χ3n) is 5.80. The molecule has 1 fully saturated rings. The van der Waals surface area contributed by atoms with E-state index in [9.17, 15) is 9.59 Å². The molecule has 1 aromatic heterocycles. The zero-order valence-electron chi connectivity index (χ0n) is 18.9. The van der Waals surface area contributed by atoms with Gasteiger partial charge in [0.15, 0.2) is 5.60 Å². The Morgan fingerprint density at radius 1 is 1.09 bits per heavy atom. The number of rotatable bonds is 7. The summed E-state index contributed by atoms with van der Waals surface area (Å²) in [7, 11) is 3.43. The fourth-order valence-electron chi connectivity index (χ4n) is 4.19. The number of aromatic nitrogens is 4. The van der Waals surface area contributed by atoms with Crippen LogP contribution in [0.3, 0.4) is 0 Å². The first kappa shape index (κ1) is 22.6. The van der Waals surface area contributed by atoms with Crippen LogP contribution in [0, 0.1) is 0 Å². The van der Waals surface area contributed by atoms with Gasteiger partial charge in [0.2, 0.25) is 5.91 Å². The number of tetrazole rings is 1. The van der Waals surface area contributed by atoms with Crippen LogP contribution in [0.25, 0.3) is 11.1 Å². The molecule has 0 aliphatic carbocycles. The number of amides is 2. The lowest BCUT2D eigenvalue weighted by molar-refractivity contribution is -0.172. The quantitative estimate of drug-likeness (QED) is 0.546. The van der Waals surface area contributed by atoms with Crippen LogP contribution in [-0.4, -0.2) is 81.2 Å². The van der Waals surface area contributed by atoms with Gasteiger partial charge in [0.25, 0.3) is 5.91 Å². The van der Waals surface area contributed by atoms with E-state index in [-0.39, 0.29) is 24.8 Å². The van der Waals surface area contributed by atoms with Gasteiger partial charge in [-0.3, -0.25) is 9.59 Å².